The van der Waals surface area contributed by atoms with E-state index in [9.17, 15) is 13.6 Å². The monoisotopic (exact) mass is 502 g/mol. The second kappa shape index (κ2) is 11.4. The molecular weight excluding hydrogens is 478 g/mol. The maximum Gasteiger partial charge on any atom is 0.387 e. The van der Waals surface area contributed by atoms with Crippen molar-refractivity contribution in [3.8, 4) is 5.75 Å². The molecule has 0 radical (unpaired) electrons. The number of hydrogen-bond donors (Lipinski definition) is 2. The number of carbonyl (C=O) groups excluding carboxylic acids is 1. The summed E-state index contributed by atoms with van der Waals surface area (Å²) in [5, 5.41) is 8.38. The van der Waals surface area contributed by atoms with Crippen molar-refractivity contribution in [2.24, 2.45) is 5.10 Å². The molecule has 10 heteroatoms. The summed E-state index contributed by atoms with van der Waals surface area (Å²) in [7, 11) is 0. The molecule has 0 unspecified atom stereocenters. The van der Waals surface area contributed by atoms with Gasteiger partial charge in [0.25, 0.3) is 5.91 Å². The molecule has 2 aromatic rings. The normalized spacial score (nSPS) is 19.1. The van der Waals surface area contributed by atoms with E-state index in [0.717, 1.165) is 37.8 Å². The highest BCUT2D eigenvalue weighted by atomic mass is 32.2. The van der Waals surface area contributed by atoms with E-state index in [1.54, 1.807) is 23.1 Å². The summed E-state index contributed by atoms with van der Waals surface area (Å²) in [5.41, 5.74) is 4.39. The number of thioether (sulfide) groups is 1. The van der Waals surface area contributed by atoms with E-state index in [4.69, 9.17) is 12.2 Å². The van der Waals surface area contributed by atoms with E-state index in [0.29, 0.717) is 20.7 Å². The van der Waals surface area contributed by atoms with Crippen LogP contribution >= 0.6 is 24.0 Å². The fourth-order valence-corrected chi connectivity index (χ4v) is 5.06. The van der Waals surface area contributed by atoms with E-state index in [1.165, 1.54) is 23.9 Å². The van der Waals surface area contributed by atoms with Crippen LogP contribution in [0.15, 0.2) is 64.6 Å². The van der Waals surface area contributed by atoms with Crippen molar-refractivity contribution >= 4 is 51.9 Å². The Kier molecular flexibility index (Phi) is 8.12. The van der Waals surface area contributed by atoms with Gasteiger partial charge in [-0.15, -0.1) is 5.10 Å². The molecule has 1 saturated heterocycles. The zero-order chi connectivity index (χ0) is 23.9. The number of hydrogen-bond acceptors (Lipinski definition) is 5. The minimum atomic E-state index is -2.88. The number of rotatable bonds is 6. The number of benzene rings is 2. The summed E-state index contributed by atoms with van der Waals surface area (Å²) in [5.74, 6) is -0.0513. The Hall–Kier alpha value is -2.98. The molecule has 2 N–H and O–H groups in total. The maximum absolute atomic E-state index is 13.3. The molecule has 0 atom stereocenters. The average molecular weight is 503 g/mol. The van der Waals surface area contributed by atoms with Gasteiger partial charge >= 0.3 is 6.61 Å². The molecule has 1 aliphatic carbocycles. The van der Waals surface area contributed by atoms with Gasteiger partial charge in [-0.1, -0.05) is 49.6 Å². The van der Waals surface area contributed by atoms with Crippen molar-refractivity contribution < 1.29 is 18.3 Å². The number of thiocarbonyl (C=S) groups is 1. The number of anilines is 1. The van der Waals surface area contributed by atoms with Crippen molar-refractivity contribution in [3.05, 3.63) is 65.1 Å². The van der Waals surface area contributed by atoms with Gasteiger partial charge in [-0.2, -0.15) is 8.78 Å². The third-order valence-corrected chi connectivity index (χ3v) is 6.64. The number of amidine groups is 1. The molecule has 4 rings (SSSR count). The number of halogens is 2. The predicted octanol–water partition coefficient (Wildman–Crippen LogP) is 5.79. The van der Waals surface area contributed by atoms with Crippen molar-refractivity contribution in [2.45, 2.75) is 44.8 Å². The second-order valence-corrected chi connectivity index (χ2v) is 9.27. The van der Waals surface area contributed by atoms with Gasteiger partial charge in [-0.3, -0.25) is 15.1 Å². The van der Waals surface area contributed by atoms with E-state index in [2.05, 4.69) is 20.6 Å². The Bertz CT molecular complexity index is 1070. The van der Waals surface area contributed by atoms with Gasteiger partial charge in [0.15, 0.2) is 10.3 Å². The van der Waals surface area contributed by atoms with Crippen LogP contribution in [0.2, 0.25) is 0 Å². The molecule has 6 nitrogen and oxygen atoms in total. The highest BCUT2D eigenvalue weighted by molar-refractivity contribution is 8.18. The van der Waals surface area contributed by atoms with Gasteiger partial charge in [0.2, 0.25) is 0 Å². The van der Waals surface area contributed by atoms with Gasteiger partial charge in [0, 0.05) is 11.7 Å². The molecule has 1 heterocycles. The molecule has 2 aromatic carbocycles. The van der Waals surface area contributed by atoms with Crippen LogP contribution < -0.4 is 15.5 Å². The van der Waals surface area contributed by atoms with Crippen molar-refractivity contribution in [1.29, 1.82) is 0 Å². The lowest BCUT2D eigenvalue weighted by Gasteiger charge is -2.30. The van der Waals surface area contributed by atoms with Crippen molar-refractivity contribution in [3.63, 3.8) is 0 Å². The summed E-state index contributed by atoms with van der Waals surface area (Å²) in [4.78, 5) is 15.6. The summed E-state index contributed by atoms with van der Waals surface area (Å²) in [6, 6.07) is 15.7. The largest absolute Gasteiger partial charge is 0.435 e. The summed E-state index contributed by atoms with van der Waals surface area (Å²) in [6.45, 7) is -2.88. The molecule has 0 bridgehead atoms. The number of carbonyl (C=O) groups is 1. The zero-order valence-electron chi connectivity index (χ0n) is 18.2. The highest BCUT2D eigenvalue weighted by Crippen LogP contribution is 2.37. The lowest BCUT2D eigenvalue weighted by atomic mass is 9.94. The number of alkyl halides is 2. The van der Waals surface area contributed by atoms with Crippen LogP contribution in [-0.4, -0.2) is 33.7 Å². The van der Waals surface area contributed by atoms with Gasteiger partial charge < -0.3 is 10.1 Å². The molecule has 1 amide bonds. The standard InChI is InChI=1S/C24H24F2N4O2S2/c25-22(26)32-19-13-11-16(12-14-19)15-20-21(31)30(18-9-5-2-6-10-18)24(34-20)29-28-23(33)27-17-7-3-1-4-8-17/h1,3-4,7-8,11-15,18,22H,2,5-6,9-10H2,(H2,27,28,33)/b20-15+,29-24+. The van der Waals surface area contributed by atoms with Gasteiger partial charge in [-0.05, 0) is 72.7 Å². The molecule has 0 spiro atoms. The maximum atomic E-state index is 13.3. The number of nitrogens with zero attached hydrogens (tertiary/aromatic N) is 2. The van der Waals surface area contributed by atoms with Crippen molar-refractivity contribution in [1.82, 2.24) is 10.3 Å². The Morgan fingerprint density at radius 1 is 1.12 bits per heavy atom. The smallest absolute Gasteiger partial charge is 0.387 e. The fourth-order valence-electron chi connectivity index (χ4n) is 3.90. The first-order chi connectivity index (χ1) is 16.5. The Morgan fingerprint density at radius 2 is 1.82 bits per heavy atom. The van der Waals surface area contributed by atoms with Gasteiger partial charge in [0.1, 0.15) is 5.75 Å². The first-order valence-corrected chi connectivity index (χ1v) is 12.2. The van der Waals surface area contributed by atoms with E-state index in [1.807, 2.05) is 30.3 Å². The van der Waals surface area contributed by atoms with Gasteiger partial charge in [-0.25, -0.2) is 0 Å². The highest BCUT2D eigenvalue weighted by Gasteiger charge is 2.38. The topological polar surface area (TPSA) is 66.0 Å². The molecule has 1 saturated carbocycles. The number of ether oxygens (including phenoxy) is 1. The molecule has 0 aromatic heterocycles. The Balaban J connectivity index is 1.52. The van der Waals surface area contributed by atoms with Gasteiger partial charge in [0.05, 0.1) is 4.91 Å². The molecular formula is C24H24F2N4O2S2. The van der Waals surface area contributed by atoms with E-state index < -0.39 is 6.61 Å². The molecule has 2 aliphatic rings. The number of nitrogens with one attached hydrogen (secondary N) is 2. The Labute approximate surface area is 206 Å². The lowest BCUT2D eigenvalue weighted by Crippen LogP contribution is -2.41. The van der Waals surface area contributed by atoms with Crippen LogP contribution in [-0.2, 0) is 4.79 Å². The third kappa shape index (κ3) is 6.32. The molecule has 2 fully saturated rings. The minimum Gasteiger partial charge on any atom is -0.435 e. The first kappa shape index (κ1) is 24.2. The molecule has 178 valence electrons. The lowest BCUT2D eigenvalue weighted by molar-refractivity contribution is -0.124. The third-order valence-electron chi connectivity index (χ3n) is 5.46. The second-order valence-electron chi connectivity index (χ2n) is 7.85. The van der Waals surface area contributed by atoms with Crippen LogP contribution in [0.25, 0.3) is 6.08 Å². The van der Waals surface area contributed by atoms with Crippen LogP contribution in [0, 0.1) is 0 Å². The Morgan fingerprint density at radius 3 is 2.50 bits per heavy atom. The van der Waals surface area contributed by atoms with Crippen LogP contribution in [0.3, 0.4) is 0 Å². The fraction of sp³-hybridized carbons (Fsp3) is 0.292. The minimum absolute atomic E-state index is 0.0669. The first-order valence-electron chi connectivity index (χ1n) is 11.0. The zero-order valence-corrected chi connectivity index (χ0v) is 19.9. The van der Waals surface area contributed by atoms with Crippen molar-refractivity contribution in [2.75, 3.05) is 5.32 Å². The quantitative estimate of drug-likeness (QED) is 0.296. The molecule has 1 aliphatic heterocycles. The summed E-state index contributed by atoms with van der Waals surface area (Å²) >= 11 is 6.61. The molecule has 34 heavy (non-hydrogen) atoms. The number of amides is 1. The van der Waals surface area contributed by atoms with Crippen LogP contribution in [0.5, 0.6) is 5.75 Å². The summed E-state index contributed by atoms with van der Waals surface area (Å²) in [6.07, 6.45) is 6.88. The SMILES string of the molecule is O=C1/C(=C\c2ccc(OC(F)F)cc2)S/C(=N/NC(=S)Nc2ccccc2)N1C1CCCCC1. The number of hydrazone groups is 1. The van der Waals surface area contributed by atoms with Crippen LogP contribution in [0.4, 0.5) is 14.5 Å². The summed E-state index contributed by atoms with van der Waals surface area (Å²) < 4.78 is 29.2. The predicted molar refractivity (Wildman–Crippen MR) is 136 cm³/mol. The number of para-hydroxylation sites is 1. The van der Waals surface area contributed by atoms with Crippen LogP contribution in [0.1, 0.15) is 37.7 Å². The average Bonchev–Trinajstić information content (AvgIpc) is 3.14. The van der Waals surface area contributed by atoms with E-state index >= 15 is 0 Å². The van der Waals surface area contributed by atoms with E-state index in [-0.39, 0.29) is 17.7 Å².